The maximum atomic E-state index is 12.7. The van der Waals surface area contributed by atoms with Crippen LogP contribution in [-0.4, -0.2) is 38.6 Å². The highest BCUT2D eigenvalue weighted by molar-refractivity contribution is 6.33. The highest BCUT2D eigenvalue weighted by Crippen LogP contribution is 2.28. The zero-order valence-corrected chi connectivity index (χ0v) is 16.6. The third-order valence-electron chi connectivity index (χ3n) is 4.27. The molecule has 1 unspecified atom stereocenters. The fraction of sp³-hybridized carbons (Fsp3) is 0.421. The molecule has 0 saturated carbocycles. The van der Waals surface area contributed by atoms with E-state index < -0.39 is 5.60 Å². The first-order chi connectivity index (χ1) is 12.7. The van der Waals surface area contributed by atoms with Gasteiger partial charge < -0.3 is 14.6 Å². The molecule has 2 heterocycles. The molecule has 7 nitrogen and oxygen atoms in total. The fourth-order valence-corrected chi connectivity index (χ4v) is 3.18. The van der Waals surface area contributed by atoms with Crippen LogP contribution in [0, 0.1) is 0 Å². The fourth-order valence-electron chi connectivity index (χ4n) is 3.00. The number of para-hydroxylation sites is 1. The number of rotatable bonds is 2. The number of nitrogens with one attached hydrogen (secondary N) is 1. The first-order valence-corrected chi connectivity index (χ1v) is 9.16. The molecule has 0 bridgehead atoms. The second-order valence-electron chi connectivity index (χ2n) is 7.44. The molecule has 2 amide bonds. The Kier molecular flexibility index (Phi) is 5.15. The maximum Gasteiger partial charge on any atom is 0.410 e. The molecule has 1 atom stereocenters. The van der Waals surface area contributed by atoms with Crippen LogP contribution in [0.5, 0.6) is 0 Å². The molecule has 0 aliphatic carbocycles. The SMILES string of the molecule is CC1c2ncc(C(=O)Nc3ccccc3Cl)n2CCN1C(=O)OC(C)(C)C. The van der Waals surface area contributed by atoms with Crippen molar-refractivity contribution in [2.45, 2.75) is 45.9 Å². The van der Waals surface area contributed by atoms with Crippen LogP contribution in [0.2, 0.25) is 5.02 Å². The predicted molar refractivity (Wildman–Crippen MR) is 103 cm³/mol. The molecule has 8 heteroatoms. The zero-order valence-electron chi connectivity index (χ0n) is 15.8. The van der Waals surface area contributed by atoms with Gasteiger partial charge in [0.05, 0.1) is 22.9 Å². The van der Waals surface area contributed by atoms with E-state index in [1.807, 2.05) is 32.3 Å². The third-order valence-corrected chi connectivity index (χ3v) is 4.60. The number of carbonyl (C=O) groups excluding carboxylic acids is 2. The topological polar surface area (TPSA) is 76.5 Å². The molecule has 1 aromatic carbocycles. The summed E-state index contributed by atoms with van der Waals surface area (Å²) in [7, 11) is 0. The summed E-state index contributed by atoms with van der Waals surface area (Å²) in [5.41, 5.74) is 0.406. The van der Waals surface area contributed by atoms with Crippen molar-refractivity contribution in [3.8, 4) is 0 Å². The summed E-state index contributed by atoms with van der Waals surface area (Å²) in [6.45, 7) is 8.26. The molecule has 27 heavy (non-hydrogen) atoms. The summed E-state index contributed by atoms with van der Waals surface area (Å²) in [5, 5.41) is 3.27. The van der Waals surface area contributed by atoms with Crippen LogP contribution in [0.3, 0.4) is 0 Å². The Balaban J connectivity index is 1.79. The molecule has 0 radical (unpaired) electrons. The lowest BCUT2D eigenvalue weighted by Crippen LogP contribution is -2.44. The van der Waals surface area contributed by atoms with Gasteiger partial charge in [0.1, 0.15) is 17.1 Å². The number of amides is 2. The second kappa shape index (κ2) is 7.23. The smallest absolute Gasteiger partial charge is 0.410 e. The van der Waals surface area contributed by atoms with Crippen LogP contribution in [0.4, 0.5) is 10.5 Å². The van der Waals surface area contributed by atoms with Gasteiger partial charge in [0.2, 0.25) is 0 Å². The molecule has 3 rings (SSSR count). The summed E-state index contributed by atoms with van der Waals surface area (Å²) < 4.78 is 7.30. The first kappa shape index (κ1) is 19.2. The van der Waals surface area contributed by atoms with E-state index in [9.17, 15) is 9.59 Å². The standard InChI is InChI=1S/C19H23ClN4O3/c1-12-16-21-11-15(17(25)22-14-8-6-5-7-13(14)20)24(16)10-9-23(12)18(26)27-19(2,3)4/h5-8,11-12H,9-10H2,1-4H3,(H,22,25). The van der Waals surface area contributed by atoms with Crippen molar-refractivity contribution in [1.29, 1.82) is 0 Å². The summed E-state index contributed by atoms with van der Waals surface area (Å²) in [4.78, 5) is 31.1. The van der Waals surface area contributed by atoms with E-state index in [1.54, 1.807) is 29.2 Å². The van der Waals surface area contributed by atoms with Crippen LogP contribution >= 0.6 is 11.6 Å². The number of ether oxygens (including phenoxy) is 1. The number of halogens is 1. The molecule has 0 fully saturated rings. The molecule has 1 aromatic heterocycles. The number of fused-ring (bicyclic) bond motifs is 1. The molecular weight excluding hydrogens is 368 g/mol. The molecule has 0 spiro atoms. The van der Waals surface area contributed by atoms with Crippen molar-refractivity contribution < 1.29 is 14.3 Å². The van der Waals surface area contributed by atoms with E-state index in [0.29, 0.717) is 35.3 Å². The lowest BCUT2D eigenvalue weighted by molar-refractivity contribution is 0.0120. The Morgan fingerprint density at radius 2 is 1.96 bits per heavy atom. The van der Waals surface area contributed by atoms with Gasteiger partial charge in [0, 0.05) is 13.1 Å². The second-order valence-corrected chi connectivity index (χ2v) is 7.84. The van der Waals surface area contributed by atoms with Gasteiger partial charge in [-0.05, 0) is 39.8 Å². The van der Waals surface area contributed by atoms with E-state index in [1.165, 1.54) is 6.20 Å². The van der Waals surface area contributed by atoms with Gasteiger partial charge in [0.25, 0.3) is 5.91 Å². The van der Waals surface area contributed by atoms with Gasteiger partial charge in [-0.15, -0.1) is 0 Å². The Morgan fingerprint density at radius 3 is 2.63 bits per heavy atom. The quantitative estimate of drug-likeness (QED) is 0.837. The van der Waals surface area contributed by atoms with Crippen molar-refractivity contribution in [1.82, 2.24) is 14.5 Å². The van der Waals surface area contributed by atoms with E-state index in [-0.39, 0.29) is 18.0 Å². The minimum atomic E-state index is -0.566. The van der Waals surface area contributed by atoms with Crippen molar-refractivity contribution in [3.05, 3.63) is 47.0 Å². The van der Waals surface area contributed by atoms with Gasteiger partial charge in [0.15, 0.2) is 0 Å². The number of imidazole rings is 1. The maximum absolute atomic E-state index is 12.7. The van der Waals surface area contributed by atoms with Crippen LogP contribution in [-0.2, 0) is 11.3 Å². The summed E-state index contributed by atoms with van der Waals surface area (Å²) in [6, 6.07) is 6.75. The summed E-state index contributed by atoms with van der Waals surface area (Å²) >= 11 is 6.11. The van der Waals surface area contributed by atoms with E-state index in [0.717, 1.165) is 0 Å². The lowest BCUT2D eigenvalue weighted by atomic mass is 10.2. The number of hydrogen-bond acceptors (Lipinski definition) is 4. The molecule has 144 valence electrons. The van der Waals surface area contributed by atoms with Crippen molar-refractivity contribution in [2.24, 2.45) is 0 Å². The summed E-state index contributed by atoms with van der Waals surface area (Å²) in [6.07, 6.45) is 1.14. The van der Waals surface area contributed by atoms with Crippen molar-refractivity contribution in [2.75, 3.05) is 11.9 Å². The number of anilines is 1. The monoisotopic (exact) mass is 390 g/mol. The van der Waals surface area contributed by atoms with Crippen LogP contribution in [0.15, 0.2) is 30.5 Å². The Bertz CT molecular complexity index is 872. The number of nitrogens with zero attached hydrogens (tertiary/aromatic N) is 3. The average molecular weight is 391 g/mol. The molecule has 1 N–H and O–H groups in total. The highest BCUT2D eigenvalue weighted by atomic mass is 35.5. The Hall–Kier alpha value is -2.54. The molecule has 1 aliphatic rings. The Labute approximate surface area is 163 Å². The van der Waals surface area contributed by atoms with Gasteiger partial charge in [-0.2, -0.15) is 0 Å². The van der Waals surface area contributed by atoms with Crippen molar-refractivity contribution >= 4 is 29.3 Å². The largest absolute Gasteiger partial charge is 0.444 e. The number of carbonyl (C=O) groups is 2. The normalized spacial score (nSPS) is 16.6. The van der Waals surface area contributed by atoms with Gasteiger partial charge in [-0.3, -0.25) is 9.69 Å². The van der Waals surface area contributed by atoms with Crippen LogP contribution < -0.4 is 5.32 Å². The molecule has 1 aliphatic heterocycles. The van der Waals surface area contributed by atoms with E-state index in [4.69, 9.17) is 16.3 Å². The number of hydrogen-bond donors (Lipinski definition) is 1. The minimum absolute atomic E-state index is 0.292. The lowest BCUT2D eigenvalue weighted by Gasteiger charge is -2.35. The predicted octanol–water partition coefficient (Wildman–Crippen LogP) is 4.10. The summed E-state index contributed by atoms with van der Waals surface area (Å²) in [5.74, 6) is 0.358. The molecular formula is C19H23ClN4O3. The number of aromatic nitrogens is 2. The minimum Gasteiger partial charge on any atom is -0.444 e. The van der Waals surface area contributed by atoms with Gasteiger partial charge in [-0.1, -0.05) is 23.7 Å². The zero-order chi connectivity index (χ0) is 19.8. The van der Waals surface area contributed by atoms with Crippen LogP contribution in [0.25, 0.3) is 0 Å². The van der Waals surface area contributed by atoms with E-state index in [2.05, 4.69) is 10.3 Å². The van der Waals surface area contributed by atoms with Crippen molar-refractivity contribution in [3.63, 3.8) is 0 Å². The number of benzene rings is 1. The first-order valence-electron chi connectivity index (χ1n) is 8.78. The highest BCUT2D eigenvalue weighted by Gasteiger charge is 2.34. The average Bonchev–Trinajstić information content (AvgIpc) is 3.00. The molecule has 0 saturated heterocycles. The van der Waals surface area contributed by atoms with Gasteiger partial charge >= 0.3 is 6.09 Å². The molecule has 2 aromatic rings. The van der Waals surface area contributed by atoms with Crippen LogP contribution in [0.1, 0.15) is 50.0 Å². The van der Waals surface area contributed by atoms with Gasteiger partial charge in [-0.25, -0.2) is 9.78 Å². The van der Waals surface area contributed by atoms with E-state index >= 15 is 0 Å². The third kappa shape index (κ3) is 4.08. The Morgan fingerprint density at radius 1 is 1.26 bits per heavy atom.